The van der Waals surface area contributed by atoms with Gasteiger partial charge in [-0.1, -0.05) is 17.7 Å². The monoisotopic (exact) mass is 411 g/mol. The Hall–Kier alpha value is -0.800. The quantitative estimate of drug-likeness (QED) is 0.790. The van der Waals surface area contributed by atoms with Crippen molar-refractivity contribution < 1.29 is 8.42 Å². The fraction of sp³-hybridized carbons (Fsp3) is 0.182. The fourth-order valence-corrected chi connectivity index (χ4v) is 3.52. The van der Waals surface area contributed by atoms with Gasteiger partial charge in [-0.3, -0.25) is 4.72 Å². The lowest BCUT2D eigenvalue weighted by molar-refractivity contribution is 0.598. The molecule has 0 bridgehead atoms. The molecule has 102 valence electrons. The van der Waals surface area contributed by atoms with Crippen LogP contribution in [0.25, 0.3) is 0 Å². The lowest BCUT2D eigenvalue weighted by Gasteiger charge is -2.09. The molecule has 1 aromatic heterocycles. The molecule has 1 heterocycles. The Bertz CT molecular complexity index is 728. The molecule has 2 aromatic rings. The molecule has 0 saturated heterocycles. The standard InChI is InChI=1S/C11H11ClIN3O2S/c1-7-3-4-8(13)5-9(7)15-19(17,18)11-10(12)16(2)6-14-11/h3-6,15H,1-2H3. The summed E-state index contributed by atoms with van der Waals surface area (Å²) in [5.41, 5.74) is 1.35. The molecule has 0 aliphatic rings. The van der Waals surface area contributed by atoms with Crippen LogP contribution in [-0.2, 0) is 17.1 Å². The van der Waals surface area contributed by atoms with Gasteiger partial charge in [0.05, 0.1) is 12.0 Å². The second kappa shape index (κ2) is 5.29. The van der Waals surface area contributed by atoms with E-state index < -0.39 is 10.0 Å². The van der Waals surface area contributed by atoms with Crippen molar-refractivity contribution >= 4 is 49.9 Å². The van der Waals surface area contributed by atoms with E-state index in [1.807, 2.05) is 19.1 Å². The number of imidazole rings is 1. The summed E-state index contributed by atoms with van der Waals surface area (Å²) in [6.45, 7) is 1.83. The molecule has 0 spiro atoms. The Morgan fingerprint density at radius 3 is 2.68 bits per heavy atom. The SMILES string of the molecule is Cc1ccc(I)cc1NS(=O)(=O)c1ncn(C)c1Cl. The van der Waals surface area contributed by atoms with E-state index in [-0.39, 0.29) is 10.2 Å². The van der Waals surface area contributed by atoms with E-state index in [1.54, 1.807) is 13.1 Å². The Morgan fingerprint density at radius 1 is 1.42 bits per heavy atom. The van der Waals surface area contributed by atoms with Crippen molar-refractivity contribution in [2.24, 2.45) is 7.05 Å². The van der Waals surface area contributed by atoms with Crippen LogP contribution >= 0.6 is 34.2 Å². The first kappa shape index (κ1) is 14.6. The lowest BCUT2D eigenvalue weighted by atomic mass is 10.2. The molecule has 0 fully saturated rings. The van der Waals surface area contributed by atoms with Gasteiger partial charge in [-0.15, -0.1) is 0 Å². The average Bonchev–Trinajstić information content (AvgIpc) is 2.65. The smallest absolute Gasteiger partial charge is 0.282 e. The average molecular weight is 412 g/mol. The van der Waals surface area contributed by atoms with Crippen molar-refractivity contribution in [2.75, 3.05) is 4.72 Å². The minimum Gasteiger partial charge on any atom is -0.324 e. The molecule has 1 aromatic carbocycles. The van der Waals surface area contributed by atoms with Crippen LogP contribution < -0.4 is 4.72 Å². The van der Waals surface area contributed by atoms with E-state index in [0.717, 1.165) is 9.13 Å². The predicted molar refractivity (Wildman–Crippen MR) is 82.9 cm³/mol. The molecule has 19 heavy (non-hydrogen) atoms. The summed E-state index contributed by atoms with van der Waals surface area (Å²) >= 11 is 8.03. The zero-order valence-corrected chi connectivity index (χ0v) is 13.9. The maximum atomic E-state index is 12.2. The molecule has 0 radical (unpaired) electrons. The number of anilines is 1. The van der Waals surface area contributed by atoms with Gasteiger partial charge in [-0.2, -0.15) is 8.42 Å². The molecule has 0 amide bonds. The minimum absolute atomic E-state index is 0.0794. The molecular weight excluding hydrogens is 401 g/mol. The number of nitrogens with one attached hydrogen (secondary N) is 1. The molecule has 0 unspecified atom stereocenters. The first-order valence-electron chi connectivity index (χ1n) is 5.27. The summed E-state index contributed by atoms with van der Waals surface area (Å²) < 4.78 is 29.3. The zero-order chi connectivity index (χ0) is 14.2. The van der Waals surface area contributed by atoms with E-state index in [9.17, 15) is 8.42 Å². The summed E-state index contributed by atoms with van der Waals surface area (Å²) in [6, 6.07) is 5.51. The van der Waals surface area contributed by atoms with E-state index >= 15 is 0 Å². The first-order valence-corrected chi connectivity index (χ1v) is 8.21. The van der Waals surface area contributed by atoms with E-state index in [2.05, 4.69) is 32.3 Å². The van der Waals surface area contributed by atoms with Crippen LogP contribution in [-0.4, -0.2) is 18.0 Å². The minimum atomic E-state index is -3.78. The number of halogens is 2. The van der Waals surface area contributed by atoms with E-state index in [0.29, 0.717) is 5.69 Å². The van der Waals surface area contributed by atoms with Crippen LogP contribution in [0.2, 0.25) is 5.15 Å². The molecule has 8 heteroatoms. The van der Waals surface area contributed by atoms with Crippen molar-refractivity contribution in [3.8, 4) is 0 Å². The highest BCUT2D eigenvalue weighted by molar-refractivity contribution is 14.1. The summed E-state index contributed by atoms with van der Waals surface area (Å²) in [5.74, 6) is 0. The molecule has 2 rings (SSSR count). The molecule has 1 N–H and O–H groups in total. The highest BCUT2D eigenvalue weighted by Crippen LogP contribution is 2.24. The molecular formula is C11H11ClIN3O2S. The van der Waals surface area contributed by atoms with Crippen molar-refractivity contribution in [3.63, 3.8) is 0 Å². The number of benzene rings is 1. The molecule has 0 aliphatic carbocycles. The van der Waals surface area contributed by atoms with Crippen LogP contribution in [0.1, 0.15) is 5.56 Å². The lowest BCUT2D eigenvalue weighted by Crippen LogP contribution is -2.15. The number of aryl methyl sites for hydroxylation is 2. The van der Waals surface area contributed by atoms with Crippen LogP contribution in [0.4, 0.5) is 5.69 Å². The van der Waals surface area contributed by atoms with E-state index in [4.69, 9.17) is 11.6 Å². The predicted octanol–water partition coefficient (Wildman–Crippen LogP) is 2.79. The van der Waals surface area contributed by atoms with Crippen LogP contribution in [0.5, 0.6) is 0 Å². The van der Waals surface area contributed by atoms with Gasteiger partial charge in [-0.05, 0) is 47.2 Å². The summed E-state index contributed by atoms with van der Waals surface area (Å²) in [5, 5.41) is -0.0919. The number of sulfonamides is 1. The Kier molecular flexibility index (Phi) is 4.07. The Morgan fingerprint density at radius 2 is 2.11 bits per heavy atom. The fourth-order valence-electron chi connectivity index (χ4n) is 1.47. The summed E-state index contributed by atoms with van der Waals surface area (Å²) in [6.07, 6.45) is 1.36. The third kappa shape index (κ3) is 3.03. The number of hydrogen-bond acceptors (Lipinski definition) is 3. The molecule has 0 saturated carbocycles. The highest BCUT2D eigenvalue weighted by Gasteiger charge is 2.23. The van der Waals surface area contributed by atoms with Crippen LogP contribution in [0, 0.1) is 10.5 Å². The third-order valence-corrected chi connectivity index (χ3v) is 5.06. The molecule has 5 nitrogen and oxygen atoms in total. The summed E-state index contributed by atoms with van der Waals surface area (Å²) in [4.78, 5) is 3.81. The van der Waals surface area contributed by atoms with Gasteiger partial charge >= 0.3 is 0 Å². The Labute approximate surface area is 130 Å². The molecule has 0 aliphatic heterocycles. The third-order valence-electron chi connectivity index (χ3n) is 2.53. The molecule has 0 atom stereocenters. The largest absolute Gasteiger partial charge is 0.324 e. The van der Waals surface area contributed by atoms with Crippen molar-refractivity contribution in [1.29, 1.82) is 0 Å². The second-order valence-electron chi connectivity index (χ2n) is 4.02. The van der Waals surface area contributed by atoms with Gasteiger partial charge in [0.1, 0.15) is 5.15 Å². The van der Waals surface area contributed by atoms with Crippen LogP contribution in [0.3, 0.4) is 0 Å². The highest BCUT2D eigenvalue weighted by atomic mass is 127. The topological polar surface area (TPSA) is 64.0 Å². The zero-order valence-electron chi connectivity index (χ0n) is 10.2. The Balaban J connectivity index is 2.42. The summed E-state index contributed by atoms with van der Waals surface area (Å²) in [7, 11) is -2.15. The van der Waals surface area contributed by atoms with Gasteiger partial charge in [0.15, 0.2) is 0 Å². The normalized spacial score (nSPS) is 11.6. The number of rotatable bonds is 3. The second-order valence-corrected chi connectivity index (χ2v) is 7.22. The first-order chi connectivity index (χ1) is 8.81. The van der Waals surface area contributed by atoms with Gasteiger partial charge in [0.2, 0.25) is 5.03 Å². The van der Waals surface area contributed by atoms with Crippen molar-refractivity contribution in [3.05, 3.63) is 38.8 Å². The van der Waals surface area contributed by atoms with Crippen molar-refractivity contribution in [1.82, 2.24) is 9.55 Å². The maximum absolute atomic E-state index is 12.2. The van der Waals surface area contributed by atoms with Gasteiger partial charge in [0.25, 0.3) is 10.0 Å². The van der Waals surface area contributed by atoms with Gasteiger partial charge < -0.3 is 4.57 Å². The number of nitrogens with zero attached hydrogens (tertiary/aromatic N) is 2. The number of aromatic nitrogens is 2. The maximum Gasteiger partial charge on any atom is 0.282 e. The van der Waals surface area contributed by atoms with Crippen LogP contribution in [0.15, 0.2) is 29.6 Å². The van der Waals surface area contributed by atoms with Gasteiger partial charge in [0, 0.05) is 10.6 Å². The van der Waals surface area contributed by atoms with Gasteiger partial charge in [-0.25, -0.2) is 4.98 Å². The number of hydrogen-bond donors (Lipinski definition) is 1. The van der Waals surface area contributed by atoms with E-state index in [1.165, 1.54) is 10.9 Å². The van der Waals surface area contributed by atoms with Crippen molar-refractivity contribution in [2.45, 2.75) is 11.9 Å².